The van der Waals surface area contributed by atoms with Gasteiger partial charge in [0, 0.05) is 31.2 Å². The highest BCUT2D eigenvalue weighted by Crippen LogP contribution is 2.30. The second-order valence-electron chi connectivity index (χ2n) is 5.13. The van der Waals surface area contributed by atoms with E-state index in [0.29, 0.717) is 6.04 Å². The zero-order valence-electron chi connectivity index (χ0n) is 10.6. The van der Waals surface area contributed by atoms with E-state index in [4.69, 9.17) is 0 Å². The highest BCUT2D eigenvalue weighted by Gasteiger charge is 2.34. The molecule has 1 aliphatic heterocycles. The van der Waals surface area contributed by atoms with Crippen molar-refractivity contribution in [2.75, 3.05) is 13.1 Å². The van der Waals surface area contributed by atoms with Crippen molar-refractivity contribution in [1.82, 2.24) is 10.2 Å². The molecular weight excluding hydrogens is 244 g/mol. The summed E-state index contributed by atoms with van der Waals surface area (Å²) in [4.78, 5) is 14.6. The van der Waals surface area contributed by atoms with Crippen molar-refractivity contribution < 1.29 is 4.79 Å². The molecule has 0 radical (unpaired) electrons. The lowest BCUT2D eigenvalue weighted by Crippen LogP contribution is -2.39. The van der Waals surface area contributed by atoms with Gasteiger partial charge in [-0.2, -0.15) is 11.3 Å². The van der Waals surface area contributed by atoms with Gasteiger partial charge in [0.2, 0.25) is 5.91 Å². The minimum absolute atomic E-state index is 0.236. The van der Waals surface area contributed by atoms with Crippen LogP contribution < -0.4 is 5.32 Å². The van der Waals surface area contributed by atoms with Crippen LogP contribution in [0.2, 0.25) is 0 Å². The maximum absolute atomic E-state index is 12.5. The Labute approximate surface area is 111 Å². The summed E-state index contributed by atoms with van der Waals surface area (Å²) >= 11 is 1.70. The Kier molecular flexibility index (Phi) is 3.22. The summed E-state index contributed by atoms with van der Waals surface area (Å²) in [6.45, 7) is 4.51. The average molecular weight is 262 g/mol. The van der Waals surface area contributed by atoms with Gasteiger partial charge >= 0.3 is 0 Å². The van der Waals surface area contributed by atoms with Crippen LogP contribution in [0.1, 0.15) is 25.3 Å². The van der Waals surface area contributed by atoms with Crippen LogP contribution in [0.15, 0.2) is 28.0 Å². The van der Waals surface area contributed by atoms with Crippen molar-refractivity contribution in [2.45, 2.75) is 32.4 Å². The van der Waals surface area contributed by atoms with Crippen LogP contribution in [-0.2, 0) is 11.3 Å². The monoisotopic (exact) mass is 262 g/mol. The van der Waals surface area contributed by atoms with Crippen LogP contribution in [0.3, 0.4) is 0 Å². The van der Waals surface area contributed by atoms with Crippen LogP contribution in [0, 0.1) is 0 Å². The fourth-order valence-electron chi connectivity index (χ4n) is 2.21. The zero-order chi connectivity index (χ0) is 12.5. The molecule has 3 nitrogen and oxygen atoms in total. The smallest absolute Gasteiger partial charge is 0.250 e. The third-order valence-corrected chi connectivity index (χ3v) is 4.44. The van der Waals surface area contributed by atoms with Crippen LogP contribution in [0.25, 0.3) is 0 Å². The van der Waals surface area contributed by atoms with E-state index < -0.39 is 0 Å². The van der Waals surface area contributed by atoms with Gasteiger partial charge in [0.05, 0.1) is 0 Å². The second kappa shape index (κ2) is 4.86. The Morgan fingerprint density at radius 2 is 2.28 bits per heavy atom. The minimum atomic E-state index is 0.236. The zero-order valence-corrected chi connectivity index (χ0v) is 11.4. The number of rotatable bonds is 4. The van der Waals surface area contributed by atoms with Gasteiger partial charge in [-0.05, 0) is 47.7 Å². The van der Waals surface area contributed by atoms with E-state index in [-0.39, 0.29) is 5.91 Å². The van der Waals surface area contributed by atoms with Crippen molar-refractivity contribution in [3.8, 4) is 0 Å². The van der Waals surface area contributed by atoms with Crippen LogP contribution in [0.5, 0.6) is 0 Å². The van der Waals surface area contributed by atoms with Crippen LogP contribution in [0.4, 0.5) is 0 Å². The molecule has 0 atom stereocenters. The molecule has 96 valence electrons. The van der Waals surface area contributed by atoms with Crippen molar-refractivity contribution in [3.05, 3.63) is 33.5 Å². The summed E-state index contributed by atoms with van der Waals surface area (Å²) in [7, 11) is 0. The maximum atomic E-state index is 12.5. The van der Waals surface area contributed by atoms with E-state index in [1.807, 2.05) is 6.92 Å². The molecule has 1 saturated carbocycles. The van der Waals surface area contributed by atoms with Crippen LogP contribution >= 0.6 is 11.3 Å². The summed E-state index contributed by atoms with van der Waals surface area (Å²) < 4.78 is 0. The number of carbonyl (C=O) groups excluding carboxylic acids is 1. The largest absolute Gasteiger partial charge is 0.332 e. The predicted molar refractivity (Wildman–Crippen MR) is 73.5 cm³/mol. The quantitative estimate of drug-likeness (QED) is 0.843. The molecule has 2 fully saturated rings. The Bertz CT molecular complexity index is 468. The standard InChI is InChI=1S/C14H18N2OS/c1-10(12-6-15-7-12)14(17)16(13-2-3-13)8-11-4-5-18-9-11/h4-5,9,13,15H,2-3,6-8H2,1H3. The third kappa shape index (κ3) is 2.35. The Hall–Kier alpha value is -1.13. The summed E-state index contributed by atoms with van der Waals surface area (Å²) in [6, 6.07) is 2.58. The molecule has 0 aromatic carbocycles. The van der Waals surface area contributed by atoms with E-state index >= 15 is 0 Å². The van der Waals surface area contributed by atoms with Crippen molar-refractivity contribution in [2.24, 2.45) is 0 Å². The molecule has 1 N–H and O–H groups in total. The minimum Gasteiger partial charge on any atom is -0.332 e. The van der Waals surface area contributed by atoms with Gasteiger partial charge in [0.15, 0.2) is 0 Å². The first-order valence-electron chi connectivity index (χ1n) is 6.47. The molecule has 0 unspecified atom stereocenters. The third-order valence-electron chi connectivity index (χ3n) is 3.71. The van der Waals surface area contributed by atoms with Crippen molar-refractivity contribution in [1.29, 1.82) is 0 Å². The van der Waals surface area contributed by atoms with E-state index in [9.17, 15) is 4.79 Å². The molecule has 2 heterocycles. The summed E-state index contributed by atoms with van der Waals surface area (Å²) in [5.74, 6) is 0.236. The molecule has 3 rings (SSSR count). The molecular formula is C14H18N2OS. The van der Waals surface area contributed by atoms with Crippen LogP contribution in [-0.4, -0.2) is 29.9 Å². The molecule has 1 amide bonds. The lowest BCUT2D eigenvalue weighted by atomic mass is 10.0. The number of nitrogens with zero attached hydrogens (tertiary/aromatic N) is 1. The molecule has 0 spiro atoms. The van der Waals surface area contributed by atoms with E-state index in [1.165, 1.54) is 11.1 Å². The van der Waals surface area contributed by atoms with Crippen molar-refractivity contribution in [3.63, 3.8) is 0 Å². The molecule has 1 aromatic rings. The molecule has 0 bridgehead atoms. The first kappa shape index (κ1) is 11.9. The first-order chi connectivity index (χ1) is 8.75. The van der Waals surface area contributed by atoms with Gasteiger partial charge in [-0.15, -0.1) is 0 Å². The fourth-order valence-corrected chi connectivity index (χ4v) is 2.87. The second-order valence-corrected chi connectivity index (χ2v) is 5.91. The molecule has 4 heteroatoms. The van der Waals surface area contributed by atoms with Gasteiger partial charge in [0.25, 0.3) is 0 Å². The summed E-state index contributed by atoms with van der Waals surface area (Å²) in [6.07, 6.45) is 2.33. The van der Waals surface area contributed by atoms with Gasteiger partial charge in [0.1, 0.15) is 0 Å². The molecule has 2 aliphatic rings. The summed E-state index contributed by atoms with van der Waals surface area (Å²) in [5, 5.41) is 7.41. The summed E-state index contributed by atoms with van der Waals surface area (Å²) in [5.41, 5.74) is 3.48. The number of hydrogen-bond acceptors (Lipinski definition) is 3. The van der Waals surface area contributed by atoms with E-state index in [1.54, 1.807) is 11.3 Å². The number of carbonyl (C=O) groups is 1. The number of nitrogens with one attached hydrogen (secondary N) is 1. The normalized spacial score (nSPS) is 18.4. The average Bonchev–Trinajstić information content (AvgIpc) is 3.00. The van der Waals surface area contributed by atoms with Gasteiger partial charge in [-0.1, -0.05) is 0 Å². The highest BCUT2D eigenvalue weighted by atomic mass is 32.1. The Morgan fingerprint density at radius 3 is 2.78 bits per heavy atom. The van der Waals surface area contributed by atoms with Gasteiger partial charge in [-0.25, -0.2) is 0 Å². The number of hydrogen-bond donors (Lipinski definition) is 1. The Morgan fingerprint density at radius 1 is 1.50 bits per heavy atom. The molecule has 1 aliphatic carbocycles. The Balaban J connectivity index is 1.75. The lowest BCUT2D eigenvalue weighted by molar-refractivity contribution is -0.128. The molecule has 1 aromatic heterocycles. The number of amides is 1. The predicted octanol–water partition coefficient (Wildman–Crippen LogP) is 2.16. The fraction of sp³-hybridized carbons (Fsp3) is 0.500. The van der Waals surface area contributed by atoms with Gasteiger partial charge in [-0.3, -0.25) is 4.79 Å². The topological polar surface area (TPSA) is 32.3 Å². The first-order valence-corrected chi connectivity index (χ1v) is 7.41. The lowest BCUT2D eigenvalue weighted by Gasteiger charge is -2.27. The van der Waals surface area contributed by atoms with E-state index in [2.05, 4.69) is 27.0 Å². The van der Waals surface area contributed by atoms with Crippen molar-refractivity contribution >= 4 is 17.2 Å². The van der Waals surface area contributed by atoms with E-state index in [0.717, 1.165) is 38.0 Å². The maximum Gasteiger partial charge on any atom is 0.250 e. The SMILES string of the molecule is CC(C(=O)N(Cc1ccsc1)C1CC1)=C1CNC1. The van der Waals surface area contributed by atoms with Gasteiger partial charge < -0.3 is 10.2 Å². The number of thiophene rings is 1. The molecule has 1 saturated heterocycles. The molecule has 18 heavy (non-hydrogen) atoms. The highest BCUT2D eigenvalue weighted by molar-refractivity contribution is 7.07.